The lowest BCUT2D eigenvalue weighted by Gasteiger charge is -2.03. The number of aliphatic carboxylic acids is 1. The topological polar surface area (TPSA) is 37.3 Å². The van der Waals surface area contributed by atoms with Gasteiger partial charge in [0, 0.05) is 6.08 Å². The molecule has 0 rings (SSSR count). The summed E-state index contributed by atoms with van der Waals surface area (Å²) in [4.78, 5) is 10.3. The second-order valence-electron chi connectivity index (χ2n) is 7.26. The first-order valence-electron chi connectivity index (χ1n) is 10.8. The van der Waals surface area contributed by atoms with Gasteiger partial charge in [-0.2, -0.15) is 0 Å². The molecule has 2 heteroatoms. The van der Waals surface area contributed by atoms with Gasteiger partial charge in [-0.25, -0.2) is 4.79 Å². The van der Waals surface area contributed by atoms with E-state index in [1.807, 2.05) is 6.08 Å². The van der Waals surface area contributed by atoms with Crippen LogP contribution in [0.2, 0.25) is 0 Å². The largest absolute Gasteiger partial charge is 0.478 e. The Kier molecular flexibility index (Phi) is 20.1. The molecule has 0 amide bonds. The molecule has 146 valence electrons. The molecule has 0 spiro atoms. The van der Waals surface area contributed by atoms with Gasteiger partial charge in [-0.3, -0.25) is 0 Å². The summed E-state index contributed by atoms with van der Waals surface area (Å²) in [7, 11) is 0. The predicted octanol–water partition coefficient (Wildman–Crippen LogP) is 7.84. The zero-order valence-electron chi connectivity index (χ0n) is 16.5. The van der Waals surface area contributed by atoms with Crippen molar-refractivity contribution < 1.29 is 9.90 Å². The van der Waals surface area contributed by atoms with Crippen LogP contribution < -0.4 is 0 Å². The van der Waals surface area contributed by atoms with Crippen LogP contribution in [0.15, 0.2) is 24.8 Å². The summed E-state index contributed by atoms with van der Waals surface area (Å²) in [6.07, 6.45) is 29.0. The van der Waals surface area contributed by atoms with E-state index in [-0.39, 0.29) is 0 Å². The number of hydrogen-bond acceptors (Lipinski definition) is 1. The van der Waals surface area contributed by atoms with Crippen molar-refractivity contribution in [3.8, 4) is 0 Å². The van der Waals surface area contributed by atoms with Crippen molar-refractivity contribution in [3.05, 3.63) is 24.8 Å². The Bertz CT molecular complexity index is 320. The Balaban J connectivity index is 3.02. The molecule has 0 aliphatic rings. The first-order chi connectivity index (χ1) is 12.3. The maximum Gasteiger partial charge on any atom is 0.327 e. The van der Waals surface area contributed by atoms with E-state index in [1.54, 1.807) is 6.08 Å². The second-order valence-corrected chi connectivity index (χ2v) is 7.26. The molecule has 0 unspecified atom stereocenters. The molecular formula is C23H42O2. The summed E-state index contributed by atoms with van der Waals surface area (Å²) in [6.45, 7) is 3.76. The molecule has 1 N–H and O–H groups in total. The normalized spacial score (nSPS) is 11.2. The number of hydrogen-bond donors (Lipinski definition) is 1. The van der Waals surface area contributed by atoms with Gasteiger partial charge in [0.1, 0.15) is 0 Å². The molecule has 0 atom stereocenters. The maximum atomic E-state index is 10.3. The number of carboxylic acid groups (broad SMARTS) is 1. The van der Waals surface area contributed by atoms with Crippen molar-refractivity contribution in [2.24, 2.45) is 0 Å². The van der Waals surface area contributed by atoms with E-state index in [9.17, 15) is 4.79 Å². The summed E-state index contributed by atoms with van der Waals surface area (Å²) >= 11 is 0. The van der Waals surface area contributed by atoms with Gasteiger partial charge in [0.25, 0.3) is 0 Å². The maximum absolute atomic E-state index is 10.3. The Morgan fingerprint density at radius 3 is 1.24 bits per heavy atom. The zero-order chi connectivity index (χ0) is 18.4. The Labute approximate surface area is 156 Å². The fourth-order valence-electron chi connectivity index (χ4n) is 3.21. The van der Waals surface area contributed by atoms with Gasteiger partial charge in [-0.1, -0.05) is 102 Å². The summed E-state index contributed by atoms with van der Waals surface area (Å²) in [5.74, 6) is -0.834. The average molecular weight is 351 g/mol. The van der Waals surface area contributed by atoms with Crippen LogP contribution in [0.5, 0.6) is 0 Å². The lowest BCUT2D eigenvalue weighted by Crippen LogP contribution is -1.86. The molecule has 0 aromatic heterocycles. The first-order valence-corrected chi connectivity index (χ1v) is 10.8. The smallest absolute Gasteiger partial charge is 0.327 e. The molecular weight excluding hydrogens is 308 g/mol. The van der Waals surface area contributed by atoms with Crippen LogP contribution in [0, 0.1) is 0 Å². The van der Waals surface area contributed by atoms with Crippen LogP contribution in [-0.4, -0.2) is 11.1 Å². The number of allylic oxidation sites excluding steroid dienone is 2. The molecule has 0 fully saturated rings. The Morgan fingerprint density at radius 2 is 0.920 bits per heavy atom. The molecule has 0 saturated carbocycles. The highest BCUT2D eigenvalue weighted by molar-refractivity contribution is 5.79. The van der Waals surface area contributed by atoms with Gasteiger partial charge in [0.05, 0.1) is 0 Å². The molecule has 25 heavy (non-hydrogen) atoms. The molecule has 0 aromatic rings. The van der Waals surface area contributed by atoms with E-state index < -0.39 is 5.97 Å². The monoisotopic (exact) mass is 350 g/mol. The number of carboxylic acids is 1. The van der Waals surface area contributed by atoms with Gasteiger partial charge in [-0.15, -0.1) is 6.58 Å². The van der Waals surface area contributed by atoms with Gasteiger partial charge >= 0.3 is 5.97 Å². The number of rotatable bonds is 20. The van der Waals surface area contributed by atoms with Crippen molar-refractivity contribution in [3.63, 3.8) is 0 Å². The summed E-state index contributed by atoms with van der Waals surface area (Å²) in [5.41, 5.74) is 0. The van der Waals surface area contributed by atoms with E-state index in [0.29, 0.717) is 0 Å². The third-order valence-electron chi connectivity index (χ3n) is 4.79. The fourth-order valence-corrected chi connectivity index (χ4v) is 3.21. The first kappa shape index (κ1) is 23.9. The highest BCUT2D eigenvalue weighted by Gasteiger charge is 1.94. The second kappa shape index (κ2) is 21.0. The highest BCUT2D eigenvalue weighted by atomic mass is 16.4. The van der Waals surface area contributed by atoms with Crippen molar-refractivity contribution in [2.75, 3.05) is 0 Å². The third kappa shape index (κ3) is 22.9. The van der Waals surface area contributed by atoms with Gasteiger partial charge < -0.3 is 5.11 Å². The lowest BCUT2D eigenvalue weighted by molar-refractivity contribution is -0.131. The highest BCUT2D eigenvalue weighted by Crippen LogP contribution is 2.14. The summed E-state index contributed by atoms with van der Waals surface area (Å²) < 4.78 is 0. The minimum absolute atomic E-state index is 0.834. The zero-order valence-corrected chi connectivity index (χ0v) is 16.5. The van der Waals surface area contributed by atoms with Crippen LogP contribution in [0.4, 0.5) is 0 Å². The van der Waals surface area contributed by atoms with Crippen molar-refractivity contribution in [2.45, 2.75) is 116 Å². The third-order valence-corrected chi connectivity index (χ3v) is 4.79. The van der Waals surface area contributed by atoms with Crippen LogP contribution in [0.1, 0.15) is 116 Å². The molecule has 0 heterocycles. The molecule has 0 saturated heterocycles. The van der Waals surface area contributed by atoms with E-state index >= 15 is 0 Å². The Hall–Kier alpha value is -1.05. The van der Waals surface area contributed by atoms with Gasteiger partial charge in [0.2, 0.25) is 0 Å². The molecule has 2 nitrogen and oxygen atoms in total. The Morgan fingerprint density at radius 1 is 0.600 bits per heavy atom. The van der Waals surface area contributed by atoms with Gasteiger partial charge in [-0.05, 0) is 25.7 Å². The molecule has 0 aliphatic heterocycles. The fraction of sp³-hybridized carbons (Fsp3) is 0.783. The SMILES string of the molecule is C=CCCCCCCCCCCCCCCCCCC/C=C/C(=O)O. The van der Waals surface area contributed by atoms with Crippen LogP contribution in [0.3, 0.4) is 0 Å². The van der Waals surface area contributed by atoms with Gasteiger partial charge in [0.15, 0.2) is 0 Å². The van der Waals surface area contributed by atoms with E-state index in [1.165, 1.54) is 109 Å². The van der Waals surface area contributed by atoms with E-state index in [4.69, 9.17) is 5.11 Å². The lowest BCUT2D eigenvalue weighted by atomic mass is 10.0. The van der Waals surface area contributed by atoms with Crippen LogP contribution in [-0.2, 0) is 4.79 Å². The molecule has 0 aliphatic carbocycles. The van der Waals surface area contributed by atoms with Crippen LogP contribution >= 0.6 is 0 Å². The standard InChI is InChI=1S/C23H42O2/c1-2-3-4-5-6-7-8-9-10-11-12-13-14-15-16-17-18-19-20-21-22-23(24)25/h2,21-22H,1,3-20H2,(H,24,25)/b22-21+. The predicted molar refractivity (Wildman–Crippen MR) is 110 cm³/mol. The van der Waals surface area contributed by atoms with Crippen molar-refractivity contribution in [1.82, 2.24) is 0 Å². The number of carbonyl (C=O) groups is 1. The molecule has 0 bridgehead atoms. The minimum Gasteiger partial charge on any atom is -0.478 e. The molecule has 0 radical (unpaired) electrons. The number of unbranched alkanes of at least 4 members (excludes halogenated alkanes) is 17. The quantitative estimate of drug-likeness (QED) is 0.138. The van der Waals surface area contributed by atoms with E-state index in [0.717, 1.165) is 12.8 Å². The van der Waals surface area contributed by atoms with Crippen molar-refractivity contribution >= 4 is 5.97 Å². The summed E-state index contributed by atoms with van der Waals surface area (Å²) in [6, 6.07) is 0. The van der Waals surface area contributed by atoms with Crippen LogP contribution in [0.25, 0.3) is 0 Å². The minimum atomic E-state index is -0.834. The average Bonchev–Trinajstić information content (AvgIpc) is 2.60. The summed E-state index contributed by atoms with van der Waals surface area (Å²) in [5, 5.41) is 8.48. The van der Waals surface area contributed by atoms with Crippen molar-refractivity contribution in [1.29, 1.82) is 0 Å². The van der Waals surface area contributed by atoms with E-state index in [2.05, 4.69) is 6.58 Å². The molecule has 0 aromatic carbocycles.